The molecular weight excluding hydrogens is 1730 g/mol. The SMILES string of the molecule is C[C-]=C(C)c1[c-]c(C)c(C)cc1C.C[C-]=Cc1[c-]c(C)cc(C)c1C.C[CH-]C(=O)N(C)c1[c-]cc(C)c(C)c1.Cc1[c-]c(C(C)[C-](C)C)c(C)cc1C.Cc1[c-]c(C[C-](C)C)c(C)c(C)c1.Cc1[c-]c(C[C-](C)C)c(C)cc1C.Cc1c[c-]c(N(C)[C-]=O)cc1C.[Y].[Y].[Y].[Y].[Y].[Y].[Y]. The number of amides is 2. The van der Waals surface area contributed by atoms with Gasteiger partial charge in [-0.1, -0.05) is 144 Å². The van der Waals surface area contributed by atoms with Crippen LogP contribution >= 0.6 is 0 Å². The van der Waals surface area contributed by atoms with E-state index in [1.165, 1.54) is 151 Å². The number of hydrogen-bond acceptors (Lipinski definition) is 2. The number of hydrogen-bond donors (Lipinski definition) is 0. The standard InChI is InChI=1S/C14H20.2C13H18.C13H16.C12H15NO.C12H14.C10H11NO.7Y/c1-9(2)13(6)14-8-11(4)10(3)7-12(14)5;1-9(2)6-13-8-11(4)10(3)7-12(13)5;1-9(2)6-13-8-10(3)7-11(4)12(13)5;1-6-9(2)13-8-11(4)10(3)7-12(13)5;1-5-12(14)13(4)11-7-6-9(2)10(3)8-11;1-5-6-12-8-9(2)7-10(3)11(12)4;1-8-4-5-10(6-9(8)2)11(3)7-12;;;;;;;/h7,13H,1-6H3;2*7H,6H2,1-5H3;7H,1-5H3;5-6,8H,1-4H3;6-7H,1-4H3;4,6H,1-3H3;;;;;;;/q7*-2;;;;;;;. The minimum atomic E-state index is -0.00972. The van der Waals surface area contributed by atoms with Crippen LogP contribution in [0.25, 0.3) is 11.6 Å². The Morgan fingerprint density at radius 3 is 1.36 bits per heavy atom. The monoisotopic (exact) mass is 1840 g/mol. The van der Waals surface area contributed by atoms with Gasteiger partial charge in [0.25, 0.3) is 0 Å². The molecule has 11 heteroatoms. The minimum Gasteiger partial charge on any atom is -0.501 e. The summed E-state index contributed by atoms with van der Waals surface area (Å²) in [6, 6.07) is 41.9. The molecule has 7 rings (SSSR count). The quantitative estimate of drug-likeness (QED) is 0.0904. The van der Waals surface area contributed by atoms with Gasteiger partial charge in [-0.05, 0) is 7.05 Å². The molecule has 0 saturated carbocycles. The molecule has 1 unspecified atom stereocenters. The maximum absolute atomic E-state index is 11.4. The fraction of sp³-hybridized carbons (Fsp3) is 0.402. The van der Waals surface area contributed by atoms with Gasteiger partial charge >= 0.3 is 0 Å². The minimum absolute atomic E-state index is 0. The average molecular weight is 1840 g/mol. The first kappa shape index (κ1) is 112. The van der Waals surface area contributed by atoms with Gasteiger partial charge in [0.15, 0.2) is 0 Å². The zero-order valence-electron chi connectivity index (χ0n) is 66.6. The number of aryl methyl sites for hydroxylation is 17. The van der Waals surface area contributed by atoms with E-state index in [1.807, 2.05) is 71.9 Å². The van der Waals surface area contributed by atoms with Crippen molar-refractivity contribution in [1.29, 1.82) is 0 Å². The summed E-state index contributed by atoms with van der Waals surface area (Å²) >= 11 is 0. The fourth-order valence-corrected chi connectivity index (χ4v) is 9.44. The Bertz CT molecular complexity index is 3540. The molecule has 0 heterocycles. The third-order valence-corrected chi connectivity index (χ3v) is 16.6. The molecule has 1 atom stereocenters. The molecule has 0 aliphatic heterocycles. The van der Waals surface area contributed by atoms with Gasteiger partial charge in [0, 0.05) is 236 Å². The molecule has 7 aromatic rings. The number of allylic oxidation sites excluding steroid dienone is 3. The van der Waals surface area contributed by atoms with Gasteiger partial charge in [-0.15, -0.1) is 44.0 Å². The Balaban J connectivity index is -0.000000195. The van der Waals surface area contributed by atoms with Crippen LogP contribution in [0.3, 0.4) is 0 Å². The van der Waals surface area contributed by atoms with Crippen LogP contribution in [-0.2, 0) is 251 Å². The van der Waals surface area contributed by atoms with Gasteiger partial charge in [0.2, 0.25) is 0 Å². The topological polar surface area (TPSA) is 40.6 Å². The van der Waals surface area contributed by atoms with Crippen molar-refractivity contribution in [3.63, 3.8) is 0 Å². The molecule has 0 bridgehead atoms. The summed E-state index contributed by atoms with van der Waals surface area (Å²) in [6.45, 7) is 63.1. The Morgan fingerprint density at radius 1 is 0.500 bits per heavy atom. The molecule has 517 valence electrons. The summed E-state index contributed by atoms with van der Waals surface area (Å²) in [4.78, 5) is 24.6. The molecule has 98 heavy (non-hydrogen) atoms. The molecule has 0 aromatic heterocycles. The summed E-state index contributed by atoms with van der Waals surface area (Å²) in [5, 5.41) is 0. The van der Waals surface area contributed by atoms with E-state index in [4.69, 9.17) is 0 Å². The summed E-state index contributed by atoms with van der Waals surface area (Å²) in [6.07, 6.45) is 13.6. The molecule has 7 aromatic carbocycles. The van der Waals surface area contributed by atoms with Gasteiger partial charge in [0.05, 0.1) is 12.3 Å². The van der Waals surface area contributed by atoms with Crippen LogP contribution < -0.4 is 9.80 Å². The summed E-state index contributed by atoms with van der Waals surface area (Å²) in [5.41, 5.74) is 33.5. The van der Waals surface area contributed by atoms with Gasteiger partial charge in [0.1, 0.15) is 0 Å². The van der Waals surface area contributed by atoms with E-state index in [0.717, 1.165) is 35.3 Å². The summed E-state index contributed by atoms with van der Waals surface area (Å²) < 4.78 is 0. The largest absolute Gasteiger partial charge is 0.501 e. The molecule has 0 spiro atoms. The van der Waals surface area contributed by atoms with Crippen LogP contribution in [0.4, 0.5) is 11.4 Å². The van der Waals surface area contributed by atoms with Crippen molar-refractivity contribution in [3.05, 3.63) is 267 Å². The summed E-state index contributed by atoms with van der Waals surface area (Å²) in [5.74, 6) is 4.86. The molecule has 4 nitrogen and oxygen atoms in total. The van der Waals surface area contributed by atoms with Crippen LogP contribution in [0.2, 0.25) is 0 Å². The number of carbonyl (C=O) groups is 1. The molecule has 0 aliphatic carbocycles. The van der Waals surface area contributed by atoms with Crippen LogP contribution in [-0.4, -0.2) is 26.4 Å². The van der Waals surface area contributed by atoms with Gasteiger partial charge in [-0.25, -0.2) is 35.0 Å². The van der Waals surface area contributed by atoms with Crippen molar-refractivity contribution in [1.82, 2.24) is 0 Å². The van der Waals surface area contributed by atoms with E-state index >= 15 is 0 Å². The first-order valence-corrected chi connectivity index (χ1v) is 31.9. The number of anilines is 2. The van der Waals surface area contributed by atoms with E-state index in [2.05, 4.69) is 244 Å². The Kier molecular flexibility index (Phi) is 65.9. The first-order valence-electron chi connectivity index (χ1n) is 31.9. The predicted octanol–water partition coefficient (Wildman–Crippen LogP) is 22.0. The molecule has 0 fully saturated rings. The molecule has 7 radical (unpaired) electrons. The zero-order valence-corrected chi connectivity index (χ0v) is 86.5. The first-order chi connectivity index (χ1) is 42.3. The molecule has 0 N–H and O–H groups in total. The summed E-state index contributed by atoms with van der Waals surface area (Å²) in [7, 11) is 3.41. The van der Waals surface area contributed by atoms with E-state index in [9.17, 15) is 9.59 Å². The number of carbonyl (C=O) groups excluding carboxylic acids is 2. The van der Waals surface area contributed by atoms with Crippen molar-refractivity contribution >= 4 is 35.3 Å². The maximum atomic E-state index is 11.4. The van der Waals surface area contributed by atoms with Crippen molar-refractivity contribution in [2.75, 3.05) is 23.9 Å². The van der Waals surface area contributed by atoms with E-state index < -0.39 is 0 Å². The van der Waals surface area contributed by atoms with Gasteiger partial charge in [-0.3, -0.25) is 11.6 Å². The zero-order chi connectivity index (χ0) is 69.9. The molecule has 2 amide bonds. The van der Waals surface area contributed by atoms with Crippen LogP contribution in [0.1, 0.15) is 216 Å². The van der Waals surface area contributed by atoms with Crippen LogP contribution in [0.5, 0.6) is 0 Å². The molecular formula is C87H112N2O2Y7-14. The number of nitrogens with zero attached hydrogens (tertiary/aromatic N) is 2. The van der Waals surface area contributed by atoms with E-state index in [-0.39, 0.29) is 235 Å². The van der Waals surface area contributed by atoms with Gasteiger partial charge < -0.3 is 72.9 Å². The Morgan fingerprint density at radius 2 is 0.918 bits per heavy atom. The van der Waals surface area contributed by atoms with Crippen LogP contribution in [0, 0.1) is 210 Å². The predicted molar refractivity (Wildman–Crippen MR) is 395 cm³/mol. The van der Waals surface area contributed by atoms with E-state index in [1.54, 1.807) is 38.7 Å². The second kappa shape index (κ2) is 57.7. The maximum Gasteiger partial charge on any atom is 0.0871 e. The van der Waals surface area contributed by atoms with E-state index in [0.29, 0.717) is 5.92 Å². The van der Waals surface area contributed by atoms with Gasteiger partial charge in [-0.2, -0.15) is 228 Å². The third kappa shape index (κ3) is 40.5. The van der Waals surface area contributed by atoms with Crippen molar-refractivity contribution < 1.29 is 239 Å². The van der Waals surface area contributed by atoms with Crippen molar-refractivity contribution in [2.24, 2.45) is 0 Å². The van der Waals surface area contributed by atoms with Crippen molar-refractivity contribution in [3.8, 4) is 0 Å². The normalized spacial score (nSPS) is 10.3. The number of rotatable bonds is 12. The second-order valence-corrected chi connectivity index (χ2v) is 25.5. The Labute approximate surface area is 778 Å². The number of benzene rings is 7. The second-order valence-electron chi connectivity index (χ2n) is 25.5. The Hall–Kier alpha value is 0.557. The van der Waals surface area contributed by atoms with Crippen LogP contribution in [0.15, 0.2) is 54.6 Å². The molecule has 0 saturated heterocycles. The third-order valence-electron chi connectivity index (χ3n) is 16.6. The van der Waals surface area contributed by atoms with Crippen molar-refractivity contribution in [2.45, 2.75) is 226 Å². The fourth-order valence-electron chi connectivity index (χ4n) is 9.44. The molecule has 0 aliphatic rings. The smallest absolute Gasteiger partial charge is 0.0871 e. The average Bonchev–Trinajstić information content (AvgIpc) is 0.879.